The van der Waals surface area contributed by atoms with Gasteiger partial charge in [0.05, 0.1) is 13.0 Å². The number of carbonyl (C=O) groups is 2. The van der Waals surface area contributed by atoms with Gasteiger partial charge in [0.1, 0.15) is 0 Å². The van der Waals surface area contributed by atoms with Gasteiger partial charge < -0.3 is 15.4 Å². The van der Waals surface area contributed by atoms with Gasteiger partial charge in [0.25, 0.3) is 0 Å². The fourth-order valence-electron chi connectivity index (χ4n) is 1.10. The van der Waals surface area contributed by atoms with Crippen LogP contribution in [-0.4, -0.2) is 38.1 Å². The van der Waals surface area contributed by atoms with Crippen molar-refractivity contribution in [3.8, 4) is 0 Å². The van der Waals surface area contributed by atoms with E-state index in [0.717, 1.165) is 0 Å². The zero-order chi connectivity index (χ0) is 11.7. The van der Waals surface area contributed by atoms with Crippen LogP contribution >= 0.6 is 0 Å². The van der Waals surface area contributed by atoms with Crippen molar-refractivity contribution in [1.29, 1.82) is 0 Å². The fourth-order valence-corrected chi connectivity index (χ4v) is 1.10. The molecule has 5 nitrogen and oxygen atoms in total. The van der Waals surface area contributed by atoms with E-state index in [4.69, 9.17) is 4.74 Å². The van der Waals surface area contributed by atoms with Crippen LogP contribution < -0.4 is 10.6 Å². The highest BCUT2D eigenvalue weighted by atomic mass is 16.5. The molecule has 0 aliphatic heterocycles. The summed E-state index contributed by atoms with van der Waals surface area (Å²) < 4.78 is 4.80. The maximum atomic E-state index is 11.1. The van der Waals surface area contributed by atoms with E-state index in [2.05, 4.69) is 10.6 Å². The summed E-state index contributed by atoms with van der Waals surface area (Å²) in [4.78, 5) is 21.9. The molecule has 1 atom stereocenters. The van der Waals surface area contributed by atoms with Crippen molar-refractivity contribution in [2.75, 3.05) is 20.2 Å². The van der Waals surface area contributed by atoms with Gasteiger partial charge in [-0.2, -0.15) is 0 Å². The Morgan fingerprint density at radius 3 is 2.60 bits per heavy atom. The maximum Gasteiger partial charge on any atom is 0.307 e. The van der Waals surface area contributed by atoms with Crippen molar-refractivity contribution in [2.24, 2.45) is 0 Å². The summed E-state index contributed by atoms with van der Waals surface area (Å²) >= 11 is 0. The molecule has 0 spiro atoms. The number of hydrogen-bond acceptors (Lipinski definition) is 4. The molecule has 0 aromatic rings. The van der Waals surface area contributed by atoms with Crippen molar-refractivity contribution >= 4 is 11.9 Å². The number of carbonyl (C=O) groups excluding carboxylic acids is 2. The zero-order valence-electron chi connectivity index (χ0n) is 9.63. The fraction of sp³-hybridized carbons (Fsp3) is 0.800. The van der Waals surface area contributed by atoms with Gasteiger partial charge in [0.2, 0.25) is 5.91 Å². The average Bonchev–Trinajstić information content (AvgIpc) is 2.17. The third-order valence-corrected chi connectivity index (χ3v) is 1.90. The Bertz CT molecular complexity index is 207. The van der Waals surface area contributed by atoms with Gasteiger partial charge in [-0.3, -0.25) is 9.59 Å². The van der Waals surface area contributed by atoms with E-state index in [1.165, 1.54) is 0 Å². The minimum absolute atomic E-state index is 0.00849. The Morgan fingerprint density at radius 1 is 1.40 bits per heavy atom. The third kappa shape index (κ3) is 7.93. The maximum absolute atomic E-state index is 11.1. The van der Waals surface area contributed by atoms with Gasteiger partial charge in [-0.15, -0.1) is 0 Å². The first-order valence-corrected chi connectivity index (χ1v) is 5.19. The van der Waals surface area contributed by atoms with E-state index in [9.17, 15) is 9.59 Å². The molecule has 0 saturated carbocycles. The molecule has 1 amide bonds. The van der Waals surface area contributed by atoms with Crippen LogP contribution in [0.25, 0.3) is 0 Å². The van der Waals surface area contributed by atoms with E-state index in [0.29, 0.717) is 26.0 Å². The molecule has 15 heavy (non-hydrogen) atoms. The van der Waals surface area contributed by atoms with Crippen LogP contribution in [0.1, 0.15) is 26.7 Å². The van der Waals surface area contributed by atoms with Crippen LogP contribution in [0.2, 0.25) is 0 Å². The zero-order valence-corrected chi connectivity index (χ0v) is 9.63. The molecule has 0 fully saturated rings. The van der Waals surface area contributed by atoms with Crippen molar-refractivity contribution < 1.29 is 14.3 Å². The summed E-state index contributed by atoms with van der Waals surface area (Å²) in [5, 5.41) is 5.60. The van der Waals surface area contributed by atoms with E-state index in [1.54, 1.807) is 14.0 Å². The molecule has 0 aromatic heterocycles. The SMILES string of the molecule is CCOC(=O)CC(C)NCCC(=O)NC. The monoisotopic (exact) mass is 216 g/mol. The smallest absolute Gasteiger partial charge is 0.307 e. The normalized spacial score (nSPS) is 11.9. The van der Waals surface area contributed by atoms with Gasteiger partial charge in [0, 0.05) is 26.1 Å². The van der Waals surface area contributed by atoms with E-state index < -0.39 is 0 Å². The second-order valence-electron chi connectivity index (χ2n) is 3.29. The summed E-state index contributed by atoms with van der Waals surface area (Å²) in [6, 6.07) is 0.0358. The van der Waals surface area contributed by atoms with Crippen molar-refractivity contribution in [2.45, 2.75) is 32.7 Å². The minimum Gasteiger partial charge on any atom is -0.466 e. The van der Waals surface area contributed by atoms with Gasteiger partial charge >= 0.3 is 5.97 Å². The highest BCUT2D eigenvalue weighted by molar-refractivity contribution is 5.75. The number of amides is 1. The minimum atomic E-state index is -0.211. The molecule has 88 valence electrons. The molecule has 0 saturated heterocycles. The van der Waals surface area contributed by atoms with E-state index in [1.807, 2.05) is 6.92 Å². The lowest BCUT2D eigenvalue weighted by Crippen LogP contribution is -2.32. The Balaban J connectivity index is 3.52. The molecule has 0 aromatic carbocycles. The molecule has 2 N–H and O–H groups in total. The van der Waals surface area contributed by atoms with E-state index in [-0.39, 0.29) is 17.9 Å². The standard InChI is InChI=1S/C10H20N2O3/c1-4-15-10(14)7-8(2)12-6-5-9(13)11-3/h8,12H,4-7H2,1-3H3,(H,11,13). The number of nitrogens with one attached hydrogen (secondary N) is 2. The largest absolute Gasteiger partial charge is 0.466 e. The van der Waals surface area contributed by atoms with E-state index >= 15 is 0 Å². The Hall–Kier alpha value is -1.10. The van der Waals surface area contributed by atoms with Crippen molar-refractivity contribution in [1.82, 2.24) is 10.6 Å². The quantitative estimate of drug-likeness (QED) is 0.590. The van der Waals surface area contributed by atoms with Crippen molar-refractivity contribution in [3.05, 3.63) is 0 Å². The molecule has 0 radical (unpaired) electrons. The van der Waals surface area contributed by atoms with Crippen molar-refractivity contribution in [3.63, 3.8) is 0 Å². The van der Waals surface area contributed by atoms with Crippen LogP contribution in [0.3, 0.4) is 0 Å². The predicted molar refractivity (Wildman–Crippen MR) is 57.4 cm³/mol. The van der Waals surface area contributed by atoms with Gasteiger partial charge in [-0.05, 0) is 13.8 Å². The molecular weight excluding hydrogens is 196 g/mol. The molecule has 0 aliphatic rings. The lowest BCUT2D eigenvalue weighted by molar-refractivity contribution is -0.143. The van der Waals surface area contributed by atoms with Crippen LogP contribution in [0, 0.1) is 0 Å². The summed E-state index contributed by atoms with van der Waals surface area (Å²) in [6.45, 7) is 4.65. The molecular formula is C10H20N2O3. The van der Waals surface area contributed by atoms with Gasteiger partial charge in [-0.25, -0.2) is 0 Å². The Labute approximate surface area is 90.6 Å². The topological polar surface area (TPSA) is 67.4 Å². The van der Waals surface area contributed by atoms with Gasteiger partial charge in [0.15, 0.2) is 0 Å². The first-order chi connectivity index (χ1) is 7.10. The highest BCUT2D eigenvalue weighted by Gasteiger charge is 2.09. The molecule has 0 bridgehead atoms. The van der Waals surface area contributed by atoms with Crippen LogP contribution in [-0.2, 0) is 14.3 Å². The molecule has 0 rings (SSSR count). The second-order valence-corrected chi connectivity index (χ2v) is 3.29. The Morgan fingerprint density at radius 2 is 2.07 bits per heavy atom. The van der Waals surface area contributed by atoms with Crippen LogP contribution in [0.5, 0.6) is 0 Å². The molecule has 0 heterocycles. The lowest BCUT2D eigenvalue weighted by Gasteiger charge is -2.12. The van der Waals surface area contributed by atoms with Crippen LogP contribution in [0.15, 0.2) is 0 Å². The first-order valence-electron chi connectivity index (χ1n) is 5.19. The summed E-state index contributed by atoms with van der Waals surface area (Å²) in [6.07, 6.45) is 0.755. The van der Waals surface area contributed by atoms with Gasteiger partial charge in [-0.1, -0.05) is 0 Å². The third-order valence-electron chi connectivity index (χ3n) is 1.90. The average molecular weight is 216 g/mol. The summed E-state index contributed by atoms with van der Waals surface area (Å²) in [7, 11) is 1.60. The number of rotatable bonds is 7. The molecule has 0 aliphatic carbocycles. The number of ether oxygens (including phenoxy) is 1. The second kappa shape index (κ2) is 8.23. The summed E-state index contributed by atoms with van der Waals surface area (Å²) in [5.74, 6) is -0.219. The first kappa shape index (κ1) is 13.9. The molecule has 1 unspecified atom stereocenters. The summed E-state index contributed by atoms with van der Waals surface area (Å²) in [5.41, 5.74) is 0. The number of hydrogen-bond donors (Lipinski definition) is 2. The lowest BCUT2D eigenvalue weighted by atomic mass is 10.2. The Kier molecular flexibility index (Phi) is 7.62. The number of esters is 1. The highest BCUT2D eigenvalue weighted by Crippen LogP contribution is 1.94. The van der Waals surface area contributed by atoms with Crippen LogP contribution in [0.4, 0.5) is 0 Å². The predicted octanol–water partition coefficient (Wildman–Crippen LogP) is 0.0538. The molecule has 5 heteroatoms.